The molecule has 2 aromatic heterocycles. The zero-order chi connectivity index (χ0) is 18.8. The van der Waals surface area contributed by atoms with Gasteiger partial charge in [-0.3, -0.25) is 4.79 Å². The minimum absolute atomic E-state index is 0.0232. The third-order valence-corrected chi connectivity index (χ3v) is 5.83. The van der Waals surface area contributed by atoms with E-state index in [1.54, 1.807) is 11.8 Å². The Balaban J connectivity index is 1.47. The number of allylic oxidation sites excluding steroid dienone is 1. The van der Waals surface area contributed by atoms with Gasteiger partial charge in [0.25, 0.3) is 0 Å². The Morgan fingerprint density at radius 2 is 2.22 bits per heavy atom. The summed E-state index contributed by atoms with van der Waals surface area (Å²) in [6, 6.07) is 9.26. The second-order valence-corrected chi connectivity index (χ2v) is 8.12. The number of fused-ring (bicyclic) bond motifs is 1. The summed E-state index contributed by atoms with van der Waals surface area (Å²) in [5.74, 6) is 0.690. The minimum atomic E-state index is -0.270. The van der Waals surface area contributed by atoms with Crippen LogP contribution in [0.2, 0.25) is 5.02 Å². The first-order chi connectivity index (χ1) is 13.1. The Morgan fingerprint density at radius 1 is 1.33 bits per heavy atom. The number of carbonyl (C=O) groups excluding carboxylic acids is 1. The maximum atomic E-state index is 12.8. The van der Waals surface area contributed by atoms with Crippen LogP contribution in [0.25, 0.3) is 11.0 Å². The van der Waals surface area contributed by atoms with Gasteiger partial charge in [-0.2, -0.15) is 0 Å². The Morgan fingerprint density at radius 3 is 3.07 bits per heavy atom. The van der Waals surface area contributed by atoms with Gasteiger partial charge in [-0.15, -0.1) is 11.8 Å². The molecular weight excluding hydrogens is 382 g/mol. The molecule has 0 fully saturated rings. The second-order valence-electron chi connectivity index (χ2n) is 6.30. The maximum Gasteiger partial charge on any atom is 0.236 e. The van der Waals surface area contributed by atoms with Crippen LogP contribution in [0.5, 0.6) is 0 Å². The number of aromatic nitrogens is 3. The largest absolute Gasteiger partial charge is 0.361 e. The van der Waals surface area contributed by atoms with E-state index in [4.69, 9.17) is 11.6 Å². The summed E-state index contributed by atoms with van der Waals surface area (Å²) >= 11 is 7.56. The van der Waals surface area contributed by atoms with E-state index in [0.29, 0.717) is 17.4 Å². The van der Waals surface area contributed by atoms with E-state index < -0.39 is 0 Å². The summed E-state index contributed by atoms with van der Waals surface area (Å²) in [6.07, 6.45) is 5.40. The van der Waals surface area contributed by atoms with Gasteiger partial charge in [-0.05, 0) is 35.6 Å². The summed E-state index contributed by atoms with van der Waals surface area (Å²) in [5, 5.41) is 7.69. The number of amides is 1. The van der Waals surface area contributed by atoms with Gasteiger partial charge in [0, 0.05) is 17.8 Å². The number of aromatic amines is 1. The molecule has 0 saturated heterocycles. The van der Waals surface area contributed by atoms with Crippen LogP contribution in [0.1, 0.15) is 12.5 Å². The van der Waals surface area contributed by atoms with Gasteiger partial charge >= 0.3 is 0 Å². The average Bonchev–Trinajstić information content (AvgIpc) is 3.27. The van der Waals surface area contributed by atoms with Crippen molar-refractivity contribution in [2.24, 2.45) is 0 Å². The lowest BCUT2D eigenvalue weighted by atomic mass is 10.1. The van der Waals surface area contributed by atoms with Gasteiger partial charge in [0.2, 0.25) is 5.91 Å². The number of H-pyrrole nitrogens is 1. The Bertz CT molecular complexity index is 1020. The number of halogens is 1. The van der Waals surface area contributed by atoms with Crippen molar-refractivity contribution in [3.63, 3.8) is 0 Å². The van der Waals surface area contributed by atoms with Gasteiger partial charge in [-0.1, -0.05) is 29.8 Å². The summed E-state index contributed by atoms with van der Waals surface area (Å²) in [7, 11) is 0. The number of thioether (sulfide) groups is 1. The van der Waals surface area contributed by atoms with Crippen LogP contribution in [-0.2, 0) is 11.3 Å². The third kappa shape index (κ3) is 3.94. The van der Waals surface area contributed by atoms with Crippen molar-refractivity contribution in [1.29, 1.82) is 0 Å². The number of hydrogen-bond donors (Lipinski definition) is 3. The molecule has 0 bridgehead atoms. The quantitative estimate of drug-likeness (QED) is 0.609. The van der Waals surface area contributed by atoms with E-state index in [0.717, 1.165) is 21.5 Å². The average molecular weight is 400 g/mol. The van der Waals surface area contributed by atoms with Crippen molar-refractivity contribution in [3.05, 3.63) is 64.4 Å². The molecule has 3 aromatic rings. The topological polar surface area (TPSA) is 82.7 Å². The smallest absolute Gasteiger partial charge is 0.236 e. The van der Waals surface area contributed by atoms with E-state index in [9.17, 15) is 4.79 Å². The van der Waals surface area contributed by atoms with Crippen molar-refractivity contribution in [1.82, 2.24) is 20.3 Å². The number of anilines is 1. The van der Waals surface area contributed by atoms with Crippen LogP contribution in [0.15, 0.2) is 53.8 Å². The Kier molecular flexibility index (Phi) is 5.05. The summed E-state index contributed by atoms with van der Waals surface area (Å²) < 4.78 is 0. The van der Waals surface area contributed by atoms with Crippen LogP contribution in [-0.4, -0.2) is 32.2 Å². The van der Waals surface area contributed by atoms with E-state index >= 15 is 0 Å². The van der Waals surface area contributed by atoms with Gasteiger partial charge in [0.1, 0.15) is 23.0 Å². The van der Waals surface area contributed by atoms with E-state index in [2.05, 4.69) is 31.7 Å². The van der Waals surface area contributed by atoms with Crippen molar-refractivity contribution >= 4 is 46.1 Å². The highest BCUT2D eigenvalue weighted by atomic mass is 35.5. The fourth-order valence-corrected chi connectivity index (χ4v) is 4.39. The molecule has 1 amide bonds. The van der Waals surface area contributed by atoms with Crippen LogP contribution < -0.4 is 10.6 Å². The predicted octanol–water partition coefficient (Wildman–Crippen LogP) is 3.73. The van der Waals surface area contributed by atoms with Crippen LogP contribution in [0.3, 0.4) is 0 Å². The number of benzene rings is 1. The summed E-state index contributed by atoms with van der Waals surface area (Å²) in [6.45, 7) is 2.45. The zero-order valence-corrected chi connectivity index (χ0v) is 16.1. The third-order valence-electron chi connectivity index (χ3n) is 4.32. The van der Waals surface area contributed by atoms with Crippen molar-refractivity contribution in [2.45, 2.75) is 24.8 Å². The number of hydrogen-bond acceptors (Lipinski definition) is 5. The molecular formula is C19H18ClN5OS. The zero-order valence-electron chi connectivity index (χ0n) is 14.6. The SMILES string of the molecule is CC1=CC(Nc2ncnc3[nH]ccc23)C(C(=O)NCc2cccc(Cl)c2)S1. The molecule has 1 aliphatic heterocycles. The molecule has 1 aliphatic rings. The van der Waals surface area contributed by atoms with E-state index in [1.807, 2.05) is 43.5 Å². The molecule has 2 unspecified atom stereocenters. The highest BCUT2D eigenvalue weighted by molar-refractivity contribution is 8.04. The van der Waals surface area contributed by atoms with Crippen molar-refractivity contribution in [2.75, 3.05) is 5.32 Å². The summed E-state index contributed by atoms with van der Waals surface area (Å²) in [4.78, 5) is 25.5. The first-order valence-corrected chi connectivity index (χ1v) is 9.78. The molecule has 2 atom stereocenters. The fraction of sp³-hybridized carbons (Fsp3) is 0.211. The Labute approximate surface area is 165 Å². The molecule has 27 heavy (non-hydrogen) atoms. The molecule has 4 rings (SSSR count). The van der Waals surface area contributed by atoms with Crippen molar-refractivity contribution < 1.29 is 4.79 Å². The molecule has 1 aromatic carbocycles. The monoisotopic (exact) mass is 399 g/mol. The molecule has 6 nitrogen and oxygen atoms in total. The first kappa shape index (κ1) is 17.9. The normalized spacial score (nSPS) is 19.1. The fourth-order valence-electron chi connectivity index (χ4n) is 3.07. The van der Waals surface area contributed by atoms with Crippen LogP contribution in [0, 0.1) is 0 Å². The lowest BCUT2D eigenvalue weighted by Crippen LogP contribution is -2.40. The van der Waals surface area contributed by atoms with E-state index in [-0.39, 0.29) is 17.2 Å². The van der Waals surface area contributed by atoms with Gasteiger partial charge in [-0.25, -0.2) is 9.97 Å². The van der Waals surface area contributed by atoms with Crippen LogP contribution >= 0.6 is 23.4 Å². The molecule has 0 aliphatic carbocycles. The molecule has 138 valence electrons. The molecule has 3 heterocycles. The first-order valence-electron chi connectivity index (χ1n) is 8.52. The highest BCUT2D eigenvalue weighted by Gasteiger charge is 2.33. The summed E-state index contributed by atoms with van der Waals surface area (Å²) in [5.41, 5.74) is 1.73. The number of nitrogens with zero attached hydrogens (tertiary/aromatic N) is 2. The second kappa shape index (κ2) is 7.62. The number of carbonyl (C=O) groups is 1. The lowest BCUT2D eigenvalue weighted by molar-refractivity contribution is -0.120. The van der Waals surface area contributed by atoms with Crippen LogP contribution in [0.4, 0.5) is 5.82 Å². The molecule has 0 saturated carbocycles. The lowest BCUT2D eigenvalue weighted by Gasteiger charge is -2.20. The molecule has 0 spiro atoms. The number of rotatable bonds is 5. The highest BCUT2D eigenvalue weighted by Crippen LogP contribution is 2.34. The molecule has 8 heteroatoms. The maximum absolute atomic E-state index is 12.8. The molecule has 0 radical (unpaired) electrons. The number of nitrogens with one attached hydrogen (secondary N) is 3. The molecule has 3 N–H and O–H groups in total. The van der Waals surface area contributed by atoms with Gasteiger partial charge in [0.15, 0.2) is 0 Å². The van der Waals surface area contributed by atoms with Crippen molar-refractivity contribution in [3.8, 4) is 0 Å². The van der Waals surface area contributed by atoms with E-state index in [1.165, 1.54) is 6.33 Å². The van der Waals surface area contributed by atoms with Gasteiger partial charge in [0.05, 0.1) is 11.4 Å². The van der Waals surface area contributed by atoms with Gasteiger partial charge < -0.3 is 15.6 Å². The predicted molar refractivity (Wildman–Crippen MR) is 110 cm³/mol. The minimum Gasteiger partial charge on any atom is -0.361 e. The standard InChI is InChI=1S/C19H18ClN5OS/c1-11-7-15(25-18-14-5-6-21-17(14)23-10-24-18)16(27-11)19(26)22-9-12-3-2-4-13(20)8-12/h2-8,10,15-16H,9H2,1H3,(H,22,26)(H2,21,23,24,25). The Hall–Kier alpha value is -2.51.